The van der Waals surface area contributed by atoms with Crippen molar-refractivity contribution in [1.82, 2.24) is 10.6 Å². The van der Waals surface area contributed by atoms with Crippen molar-refractivity contribution in [2.75, 3.05) is 0 Å². The fraction of sp³-hybridized carbons (Fsp3) is 0.0444. The lowest BCUT2D eigenvalue weighted by Crippen LogP contribution is -2.45. The third-order valence-corrected chi connectivity index (χ3v) is 13.7. The molecule has 0 bridgehead atoms. The van der Waals surface area contributed by atoms with Crippen molar-refractivity contribution in [1.29, 1.82) is 0 Å². The molecule has 0 aliphatic carbocycles. The zero-order chi connectivity index (χ0) is 33.5. The standard InChI is InChI=1S/C45H29N3S3/c1-2-10-26(11-3-1)43-46-44(48-45(47-43)34-16-9-19-39-41(34)33-13-5-7-18-37(33)49-39)28-20-22-31-35-24-27(21-23-38(35)50-40(31)25-28)29-14-8-15-32-30-12-4-6-17-36(30)51-42(29)32/h1-25,44-45,48H,(H,46,47). The number of hydrogen-bond donors (Lipinski definition) is 2. The van der Waals surface area contributed by atoms with Gasteiger partial charge >= 0.3 is 0 Å². The van der Waals surface area contributed by atoms with E-state index in [1.54, 1.807) is 0 Å². The van der Waals surface area contributed by atoms with Gasteiger partial charge in [0.15, 0.2) is 0 Å². The van der Waals surface area contributed by atoms with Crippen LogP contribution in [-0.4, -0.2) is 5.84 Å². The summed E-state index contributed by atoms with van der Waals surface area (Å²) in [6.45, 7) is 0. The Balaban J connectivity index is 1.01. The van der Waals surface area contributed by atoms with Gasteiger partial charge in [0, 0.05) is 66.1 Å². The summed E-state index contributed by atoms with van der Waals surface area (Å²) >= 11 is 5.61. The normalized spacial score (nSPS) is 16.4. The number of aliphatic imine (C=N–C) groups is 1. The highest BCUT2D eigenvalue weighted by atomic mass is 32.1. The van der Waals surface area contributed by atoms with Crippen LogP contribution >= 0.6 is 34.0 Å². The van der Waals surface area contributed by atoms with Gasteiger partial charge in [0.2, 0.25) is 0 Å². The van der Waals surface area contributed by atoms with Gasteiger partial charge in [-0.05, 0) is 58.7 Å². The van der Waals surface area contributed by atoms with Crippen molar-refractivity contribution >= 4 is 100 Å². The average molecular weight is 708 g/mol. The van der Waals surface area contributed by atoms with E-state index in [4.69, 9.17) is 4.99 Å². The topological polar surface area (TPSA) is 36.4 Å². The highest BCUT2D eigenvalue weighted by Gasteiger charge is 2.28. The van der Waals surface area contributed by atoms with Crippen LogP contribution in [0, 0.1) is 0 Å². The van der Waals surface area contributed by atoms with Crippen LogP contribution in [0.2, 0.25) is 0 Å². The van der Waals surface area contributed by atoms with Crippen molar-refractivity contribution in [3.8, 4) is 11.1 Å². The summed E-state index contributed by atoms with van der Waals surface area (Å²) in [4.78, 5) is 5.29. The van der Waals surface area contributed by atoms with Crippen molar-refractivity contribution in [2.45, 2.75) is 12.3 Å². The number of amidine groups is 1. The summed E-state index contributed by atoms with van der Waals surface area (Å²) in [7, 11) is 0. The lowest BCUT2D eigenvalue weighted by molar-refractivity contribution is 0.411. The molecule has 0 radical (unpaired) electrons. The molecule has 7 aromatic carbocycles. The van der Waals surface area contributed by atoms with Crippen LogP contribution in [0.5, 0.6) is 0 Å². The van der Waals surface area contributed by atoms with Gasteiger partial charge in [0.05, 0.1) is 0 Å². The van der Waals surface area contributed by atoms with E-state index < -0.39 is 0 Å². The smallest absolute Gasteiger partial charge is 0.131 e. The van der Waals surface area contributed by atoms with Crippen LogP contribution in [0.4, 0.5) is 0 Å². The van der Waals surface area contributed by atoms with Gasteiger partial charge in [-0.3, -0.25) is 5.32 Å². The van der Waals surface area contributed by atoms with Crippen molar-refractivity contribution < 1.29 is 0 Å². The van der Waals surface area contributed by atoms with E-state index in [0.717, 1.165) is 17.0 Å². The second-order valence-corrected chi connectivity index (χ2v) is 16.4. The summed E-state index contributed by atoms with van der Waals surface area (Å²) < 4.78 is 7.87. The molecule has 11 rings (SSSR count). The van der Waals surface area contributed by atoms with Crippen LogP contribution in [0.3, 0.4) is 0 Å². The molecule has 51 heavy (non-hydrogen) atoms. The molecule has 0 fully saturated rings. The lowest BCUT2D eigenvalue weighted by Gasteiger charge is -2.32. The molecule has 0 spiro atoms. The molecule has 2 unspecified atom stereocenters. The number of benzene rings is 7. The molecule has 242 valence electrons. The molecule has 6 heteroatoms. The zero-order valence-corrected chi connectivity index (χ0v) is 29.7. The Hall–Kier alpha value is -5.37. The minimum Gasteiger partial charge on any atom is -0.350 e. The van der Waals surface area contributed by atoms with E-state index in [2.05, 4.69) is 162 Å². The third-order valence-electron chi connectivity index (χ3n) is 10.2. The van der Waals surface area contributed by atoms with Gasteiger partial charge in [-0.1, -0.05) is 115 Å². The predicted octanol–water partition coefficient (Wildman–Crippen LogP) is 12.8. The van der Waals surface area contributed by atoms with E-state index in [0.29, 0.717) is 0 Å². The number of fused-ring (bicyclic) bond motifs is 9. The van der Waals surface area contributed by atoms with Crippen LogP contribution in [0.15, 0.2) is 157 Å². The Morgan fingerprint density at radius 1 is 0.471 bits per heavy atom. The zero-order valence-electron chi connectivity index (χ0n) is 27.3. The first kappa shape index (κ1) is 29.4. The SMILES string of the molecule is c1ccc(C2=NC(c3ccc4c(c3)sc3ccc(-c5cccc6c5sc5ccccc56)cc34)NC(c3cccc4sc5ccccc5c34)N2)cc1. The molecule has 2 N–H and O–H groups in total. The van der Waals surface area contributed by atoms with Gasteiger partial charge in [-0.15, -0.1) is 34.0 Å². The summed E-state index contributed by atoms with van der Waals surface area (Å²) in [5.41, 5.74) is 6.04. The Kier molecular flexibility index (Phi) is 6.67. The Morgan fingerprint density at radius 2 is 1.18 bits per heavy atom. The quantitative estimate of drug-likeness (QED) is 0.191. The summed E-state index contributed by atoms with van der Waals surface area (Å²) in [5.74, 6) is 0.900. The van der Waals surface area contributed by atoms with Crippen LogP contribution < -0.4 is 10.6 Å². The lowest BCUT2D eigenvalue weighted by atomic mass is 10.00. The number of rotatable bonds is 4. The number of hydrogen-bond acceptors (Lipinski definition) is 6. The van der Waals surface area contributed by atoms with Crippen LogP contribution in [-0.2, 0) is 0 Å². The first-order valence-electron chi connectivity index (χ1n) is 17.2. The second kappa shape index (κ2) is 11.6. The molecular weight excluding hydrogens is 679 g/mol. The molecule has 3 aromatic heterocycles. The second-order valence-electron chi connectivity index (χ2n) is 13.2. The van der Waals surface area contributed by atoms with E-state index in [9.17, 15) is 0 Å². The Labute approximate surface area is 306 Å². The molecule has 2 atom stereocenters. The van der Waals surface area contributed by atoms with Gasteiger partial charge in [0.25, 0.3) is 0 Å². The molecule has 4 heterocycles. The number of nitrogens with zero attached hydrogens (tertiary/aromatic N) is 1. The Morgan fingerprint density at radius 3 is 2.08 bits per heavy atom. The molecular formula is C45H29N3S3. The summed E-state index contributed by atoms with van der Waals surface area (Å²) in [5, 5.41) is 15.5. The maximum absolute atomic E-state index is 5.29. The van der Waals surface area contributed by atoms with E-state index in [1.165, 1.54) is 77.2 Å². The summed E-state index contributed by atoms with van der Waals surface area (Å²) in [6, 6.07) is 55.3. The van der Waals surface area contributed by atoms with Crippen molar-refractivity contribution in [3.05, 3.63) is 168 Å². The van der Waals surface area contributed by atoms with Gasteiger partial charge < -0.3 is 5.32 Å². The first-order chi connectivity index (χ1) is 25.2. The van der Waals surface area contributed by atoms with Gasteiger partial charge in [-0.2, -0.15) is 0 Å². The molecule has 3 nitrogen and oxygen atoms in total. The minimum atomic E-state index is -0.220. The molecule has 10 aromatic rings. The molecule has 1 aliphatic heterocycles. The molecule has 1 aliphatic rings. The largest absolute Gasteiger partial charge is 0.350 e. The predicted molar refractivity (Wildman–Crippen MR) is 222 cm³/mol. The molecule has 0 amide bonds. The summed E-state index contributed by atoms with van der Waals surface area (Å²) in [6.07, 6.45) is -0.343. The maximum atomic E-state index is 5.29. The fourth-order valence-electron chi connectivity index (χ4n) is 7.78. The highest BCUT2D eigenvalue weighted by molar-refractivity contribution is 7.27. The van der Waals surface area contributed by atoms with Gasteiger partial charge in [0.1, 0.15) is 18.2 Å². The maximum Gasteiger partial charge on any atom is 0.131 e. The van der Waals surface area contributed by atoms with E-state index >= 15 is 0 Å². The van der Waals surface area contributed by atoms with Gasteiger partial charge in [-0.25, -0.2) is 4.99 Å². The number of nitrogens with one attached hydrogen (secondary N) is 2. The van der Waals surface area contributed by atoms with Crippen molar-refractivity contribution in [2.24, 2.45) is 4.99 Å². The van der Waals surface area contributed by atoms with E-state index in [-0.39, 0.29) is 12.3 Å². The first-order valence-corrected chi connectivity index (χ1v) is 19.6. The molecule has 0 saturated heterocycles. The Bertz CT molecular complexity index is 3000. The van der Waals surface area contributed by atoms with Crippen molar-refractivity contribution in [3.63, 3.8) is 0 Å². The monoisotopic (exact) mass is 707 g/mol. The minimum absolute atomic E-state index is 0.123. The van der Waals surface area contributed by atoms with Crippen LogP contribution in [0.1, 0.15) is 29.0 Å². The fourth-order valence-corrected chi connectivity index (χ4v) is 11.3. The highest BCUT2D eigenvalue weighted by Crippen LogP contribution is 2.43. The van der Waals surface area contributed by atoms with Crippen LogP contribution in [0.25, 0.3) is 71.6 Å². The third kappa shape index (κ3) is 4.75. The van der Waals surface area contributed by atoms with E-state index in [1.807, 2.05) is 34.0 Å². The average Bonchev–Trinajstić information content (AvgIpc) is 3.88. The number of thiophene rings is 3. The molecule has 0 saturated carbocycles.